The lowest BCUT2D eigenvalue weighted by Gasteiger charge is -2.28. The third-order valence-electron chi connectivity index (χ3n) is 3.93. The molecule has 1 atom stereocenters. The third kappa shape index (κ3) is 6.09. The number of nitrogens with zero attached hydrogens (tertiary/aromatic N) is 1. The molecule has 134 valence electrons. The van der Waals surface area contributed by atoms with Crippen LogP contribution in [0.3, 0.4) is 0 Å². The number of unbranched alkanes of at least 4 members (excludes halogenated alkanes) is 1. The Kier molecular flexibility index (Phi) is 7.79. The Hall–Kier alpha value is -2.01. The average molecular weight is 360 g/mol. The lowest BCUT2D eigenvalue weighted by molar-refractivity contribution is 0.218. The maximum Gasteiger partial charge on any atom is 0.322 e. The third-order valence-corrected chi connectivity index (χ3v) is 5.32. The number of hydrogen-bond donors (Lipinski definition) is 1. The van der Waals surface area contributed by atoms with Crippen molar-refractivity contribution >= 4 is 23.5 Å². The number of rotatable bonds is 8. The van der Waals surface area contributed by atoms with E-state index in [0.717, 1.165) is 25.0 Å². The second kappa shape index (κ2) is 10.1. The first-order chi connectivity index (χ1) is 12.1. The number of halogens is 1. The predicted octanol–water partition coefficient (Wildman–Crippen LogP) is 5.39. The lowest BCUT2D eigenvalue weighted by atomic mass is 10.1. The molecule has 0 aliphatic rings. The molecular weight excluding hydrogens is 335 g/mol. The number of nitrogens with one attached hydrogen (secondary N) is 1. The van der Waals surface area contributed by atoms with E-state index in [1.807, 2.05) is 18.2 Å². The number of hydrogen-bond acceptors (Lipinski definition) is 2. The van der Waals surface area contributed by atoms with Crippen LogP contribution in [0.25, 0.3) is 0 Å². The van der Waals surface area contributed by atoms with Crippen LogP contribution in [0.1, 0.15) is 25.3 Å². The van der Waals surface area contributed by atoms with Gasteiger partial charge in [0.25, 0.3) is 0 Å². The molecular formula is C20H25FN2OS. The van der Waals surface area contributed by atoms with E-state index in [9.17, 15) is 9.18 Å². The summed E-state index contributed by atoms with van der Waals surface area (Å²) in [4.78, 5) is 14.2. The molecule has 25 heavy (non-hydrogen) atoms. The van der Waals surface area contributed by atoms with Crippen LogP contribution >= 0.6 is 11.8 Å². The molecule has 2 aromatic carbocycles. The molecule has 0 aliphatic heterocycles. The summed E-state index contributed by atoms with van der Waals surface area (Å²) in [5.74, 6) is 0.563. The van der Waals surface area contributed by atoms with Gasteiger partial charge in [0, 0.05) is 13.5 Å². The number of anilines is 1. The van der Waals surface area contributed by atoms with Crippen molar-refractivity contribution in [3.05, 3.63) is 66.0 Å². The number of carbonyl (C=O) groups excluding carboxylic acids is 1. The molecule has 0 radical (unpaired) electrons. The van der Waals surface area contributed by atoms with Crippen LogP contribution in [0, 0.1) is 5.82 Å². The van der Waals surface area contributed by atoms with Crippen molar-refractivity contribution in [1.82, 2.24) is 4.90 Å². The van der Waals surface area contributed by atoms with E-state index in [1.54, 1.807) is 41.9 Å². The SMILES string of the molecule is CCCCSC(Cc1ccccc1)N(C)C(=O)Nc1ccccc1F. The number of benzene rings is 2. The van der Waals surface area contributed by atoms with Gasteiger partial charge in [-0.2, -0.15) is 0 Å². The van der Waals surface area contributed by atoms with E-state index in [-0.39, 0.29) is 17.1 Å². The predicted molar refractivity (Wildman–Crippen MR) is 104 cm³/mol. The molecule has 0 saturated carbocycles. The first-order valence-corrected chi connectivity index (χ1v) is 9.60. The summed E-state index contributed by atoms with van der Waals surface area (Å²) in [5.41, 5.74) is 1.39. The van der Waals surface area contributed by atoms with Crippen LogP contribution < -0.4 is 5.32 Å². The minimum absolute atomic E-state index is 0.000670. The molecule has 0 saturated heterocycles. The highest BCUT2D eigenvalue weighted by Crippen LogP contribution is 2.22. The van der Waals surface area contributed by atoms with Crippen molar-refractivity contribution in [2.75, 3.05) is 18.1 Å². The van der Waals surface area contributed by atoms with Gasteiger partial charge in [-0.05, 0) is 29.9 Å². The van der Waals surface area contributed by atoms with Crippen molar-refractivity contribution in [2.45, 2.75) is 31.6 Å². The van der Waals surface area contributed by atoms with Gasteiger partial charge in [-0.15, -0.1) is 11.8 Å². The number of likely N-dealkylation sites (N-methyl/N-ethyl adjacent to an activating group) is 1. The Morgan fingerprint density at radius 3 is 2.52 bits per heavy atom. The van der Waals surface area contributed by atoms with Crippen LogP contribution in [0.15, 0.2) is 54.6 Å². The summed E-state index contributed by atoms with van der Waals surface area (Å²) in [6, 6.07) is 16.0. The highest BCUT2D eigenvalue weighted by atomic mass is 32.2. The van der Waals surface area contributed by atoms with E-state index >= 15 is 0 Å². The summed E-state index contributed by atoms with van der Waals surface area (Å²) >= 11 is 1.76. The fourth-order valence-corrected chi connectivity index (χ4v) is 3.74. The zero-order valence-corrected chi connectivity index (χ0v) is 15.6. The topological polar surface area (TPSA) is 32.3 Å². The van der Waals surface area contributed by atoms with E-state index in [4.69, 9.17) is 0 Å². The van der Waals surface area contributed by atoms with Crippen molar-refractivity contribution in [3.8, 4) is 0 Å². The molecule has 1 unspecified atom stereocenters. The van der Waals surface area contributed by atoms with Crippen LogP contribution in [-0.4, -0.2) is 29.1 Å². The molecule has 0 aromatic heterocycles. The quantitative estimate of drug-likeness (QED) is 0.505. The first-order valence-electron chi connectivity index (χ1n) is 8.55. The first kappa shape index (κ1) is 19.3. The van der Waals surface area contributed by atoms with E-state index < -0.39 is 5.82 Å². The fraction of sp³-hybridized carbons (Fsp3) is 0.350. The number of carbonyl (C=O) groups is 1. The molecule has 1 N–H and O–H groups in total. The van der Waals surface area contributed by atoms with Crippen molar-refractivity contribution < 1.29 is 9.18 Å². The summed E-state index contributed by atoms with van der Waals surface area (Å²) in [6.45, 7) is 2.15. The number of amides is 2. The number of urea groups is 1. The van der Waals surface area contributed by atoms with Gasteiger partial charge in [-0.3, -0.25) is 0 Å². The van der Waals surface area contributed by atoms with Crippen LogP contribution in [0.4, 0.5) is 14.9 Å². The molecule has 0 heterocycles. The molecule has 0 aliphatic carbocycles. The van der Waals surface area contributed by atoms with Crippen LogP contribution in [0.5, 0.6) is 0 Å². The maximum atomic E-state index is 13.8. The van der Waals surface area contributed by atoms with Crippen molar-refractivity contribution in [1.29, 1.82) is 0 Å². The molecule has 3 nitrogen and oxygen atoms in total. The lowest BCUT2D eigenvalue weighted by Crippen LogP contribution is -2.39. The molecule has 0 fully saturated rings. The molecule has 2 amide bonds. The Bertz CT molecular complexity index is 666. The minimum atomic E-state index is -0.428. The van der Waals surface area contributed by atoms with E-state index in [2.05, 4.69) is 24.4 Å². The maximum absolute atomic E-state index is 13.8. The van der Waals surface area contributed by atoms with E-state index in [1.165, 1.54) is 11.6 Å². The standard InChI is InChI=1S/C20H25FN2OS/c1-3-4-14-25-19(15-16-10-6-5-7-11-16)23(2)20(24)22-18-13-9-8-12-17(18)21/h5-13,19H,3-4,14-15H2,1-2H3,(H,22,24). The Balaban J connectivity index is 2.06. The fourth-order valence-electron chi connectivity index (χ4n) is 2.38. The number of thioether (sulfide) groups is 1. The van der Waals surface area contributed by atoms with Crippen LogP contribution in [0.2, 0.25) is 0 Å². The Morgan fingerprint density at radius 2 is 1.84 bits per heavy atom. The van der Waals surface area contributed by atoms with Gasteiger partial charge in [-0.25, -0.2) is 9.18 Å². The summed E-state index contributed by atoms with van der Waals surface area (Å²) < 4.78 is 13.8. The zero-order chi connectivity index (χ0) is 18.1. The molecule has 0 bridgehead atoms. The Labute approximate surface area is 153 Å². The average Bonchev–Trinajstić information content (AvgIpc) is 2.63. The molecule has 2 aromatic rings. The highest BCUT2D eigenvalue weighted by Gasteiger charge is 2.21. The van der Waals surface area contributed by atoms with Gasteiger partial charge >= 0.3 is 6.03 Å². The van der Waals surface area contributed by atoms with Crippen molar-refractivity contribution in [2.24, 2.45) is 0 Å². The second-order valence-electron chi connectivity index (χ2n) is 5.89. The largest absolute Gasteiger partial charge is 0.322 e. The van der Waals surface area contributed by atoms with Crippen LogP contribution in [-0.2, 0) is 6.42 Å². The van der Waals surface area contributed by atoms with Gasteiger partial charge in [0.05, 0.1) is 11.1 Å². The highest BCUT2D eigenvalue weighted by molar-refractivity contribution is 7.99. The molecule has 0 spiro atoms. The monoisotopic (exact) mass is 360 g/mol. The van der Waals surface area contributed by atoms with E-state index in [0.29, 0.717) is 0 Å². The van der Waals surface area contributed by atoms with Gasteiger partial charge < -0.3 is 10.2 Å². The van der Waals surface area contributed by atoms with Gasteiger partial charge in [0.15, 0.2) is 0 Å². The summed E-state index contributed by atoms with van der Waals surface area (Å²) in [7, 11) is 1.77. The molecule has 5 heteroatoms. The zero-order valence-electron chi connectivity index (χ0n) is 14.7. The second-order valence-corrected chi connectivity index (χ2v) is 7.18. The summed E-state index contributed by atoms with van der Waals surface area (Å²) in [6.07, 6.45) is 2.99. The minimum Gasteiger partial charge on any atom is -0.315 e. The van der Waals surface area contributed by atoms with Gasteiger partial charge in [0.1, 0.15) is 5.82 Å². The normalized spacial score (nSPS) is 11.8. The molecule has 2 rings (SSSR count). The smallest absolute Gasteiger partial charge is 0.315 e. The summed E-state index contributed by atoms with van der Waals surface area (Å²) in [5, 5.41) is 2.67. The Morgan fingerprint density at radius 1 is 1.16 bits per heavy atom. The van der Waals surface area contributed by atoms with Gasteiger partial charge in [0.2, 0.25) is 0 Å². The van der Waals surface area contributed by atoms with Crippen molar-refractivity contribution in [3.63, 3.8) is 0 Å². The van der Waals surface area contributed by atoms with Gasteiger partial charge in [-0.1, -0.05) is 55.8 Å². The number of para-hydroxylation sites is 1.